The molecule has 1 heterocycles. The molecule has 0 amide bonds. The van der Waals surface area contributed by atoms with E-state index in [9.17, 15) is 0 Å². The molecule has 0 fully saturated rings. The Morgan fingerprint density at radius 1 is 1.05 bits per heavy atom. The molecule has 96 valence electrons. The van der Waals surface area contributed by atoms with Crippen LogP contribution >= 0.6 is 0 Å². The summed E-state index contributed by atoms with van der Waals surface area (Å²) in [4.78, 5) is 6.51. The minimum atomic E-state index is 0.617. The first kappa shape index (κ1) is 11.6. The van der Waals surface area contributed by atoms with Gasteiger partial charge in [0, 0.05) is 37.1 Å². The number of rotatable bonds is 2. The predicted molar refractivity (Wildman–Crippen MR) is 78.2 cm³/mol. The zero-order valence-corrected chi connectivity index (χ0v) is 10.9. The van der Waals surface area contributed by atoms with E-state index in [1.54, 1.807) is 6.07 Å². The molecule has 0 spiro atoms. The van der Waals surface area contributed by atoms with E-state index in [1.807, 2.05) is 50.5 Å². The molecule has 3 aromatic rings. The Hall–Kier alpha value is -2.49. The number of hydrogen-bond donors (Lipinski definition) is 1. The van der Waals surface area contributed by atoms with Crippen LogP contribution in [-0.4, -0.2) is 19.1 Å². The van der Waals surface area contributed by atoms with E-state index in [0.717, 1.165) is 16.8 Å². The van der Waals surface area contributed by atoms with Gasteiger partial charge >= 0.3 is 0 Å². The monoisotopic (exact) mass is 253 g/mol. The fourth-order valence-electron chi connectivity index (χ4n) is 1.97. The molecule has 4 heteroatoms. The summed E-state index contributed by atoms with van der Waals surface area (Å²) in [6.45, 7) is 0. The fraction of sp³-hybridized carbons (Fsp3) is 0.133. The molecule has 0 aliphatic heterocycles. The molecule has 0 aliphatic carbocycles. The van der Waals surface area contributed by atoms with Crippen LogP contribution in [0.5, 0.6) is 0 Å². The molecular formula is C15H15N3O. The first-order chi connectivity index (χ1) is 9.13. The van der Waals surface area contributed by atoms with E-state index in [2.05, 4.69) is 9.88 Å². The SMILES string of the molecule is CN(C)c1ccc(-c2nc3ccc(N)cc3o2)cc1. The average Bonchev–Trinajstić information content (AvgIpc) is 2.81. The molecule has 3 rings (SSSR count). The van der Waals surface area contributed by atoms with Crippen molar-refractivity contribution < 1.29 is 4.42 Å². The minimum absolute atomic E-state index is 0.617. The zero-order chi connectivity index (χ0) is 13.4. The highest BCUT2D eigenvalue weighted by Crippen LogP contribution is 2.26. The molecule has 2 aromatic carbocycles. The molecule has 4 nitrogen and oxygen atoms in total. The summed E-state index contributed by atoms with van der Waals surface area (Å²) < 4.78 is 5.73. The van der Waals surface area contributed by atoms with Crippen molar-refractivity contribution >= 4 is 22.5 Å². The number of nitrogens with zero attached hydrogens (tertiary/aromatic N) is 2. The molecule has 19 heavy (non-hydrogen) atoms. The lowest BCUT2D eigenvalue weighted by Gasteiger charge is -2.11. The van der Waals surface area contributed by atoms with Gasteiger partial charge in [-0.05, 0) is 36.4 Å². The molecule has 0 radical (unpaired) electrons. The smallest absolute Gasteiger partial charge is 0.227 e. The first-order valence-electron chi connectivity index (χ1n) is 6.07. The van der Waals surface area contributed by atoms with Crippen LogP contribution in [0, 0.1) is 0 Å². The highest BCUT2D eigenvalue weighted by atomic mass is 16.3. The standard InChI is InChI=1S/C15H15N3O/c1-18(2)12-6-3-10(4-7-12)15-17-13-8-5-11(16)9-14(13)19-15/h3-9H,16H2,1-2H3. The highest BCUT2D eigenvalue weighted by molar-refractivity contribution is 5.79. The molecule has 0 aliphatic rings. The van der Waals surface area contributed by atoms with Crippen molar-refractivity contribution in [2.45, 2.75) is 0 Å². The van der Waals surface area contributed by atoms with Crippen molar-refractivity contribution in [1.29, 1.82) is 0 Å². The molecule has 0 unspecified atom stereocenters. The maximum absolute atomic E-state index is 5.73. The summed E-state index contributed by atoms with van der Waals surface area (Å²) >= 11 is 0. The second kappa shape index (κ2) is 4.31. The maximum atomic E-state index is 5.73. The van der Waals surface area contributed by atoms with Gasteiger partial charge in [-0.2, -0.15) is 0 Å². The third kappa shape index (κ3) is 2.12. The predicted octanol–water partition coefficient (Wildman–Crippen LogP) is 3.14. The van der Waals surface area contributed by atoms with Crippen molar-refractivity contribution in [2.75, 3.05) is 24.7 Å². The number of aromatic nitrogens is 1. The van der Waals surface area contributed by atoms with Crippen LogP contribution in [0.25, 0.3) is 22.6 Å². The lowest BCUT2D eigenvalue weighted by molar-refractivity contribution is 0.620. The van der Waals surface area contributed by atoms with Gasteiger partial charge < -0.3 is 15.1 Å². The summed E-state index contributed by atoms with van der Waals surface area (Å²) in [7, 11) is 4.02. The van der Waals surface area contributed by atoms with E-state index < -0.39 is 0 Å². The van der Waals surface area contributed by atoms with Crippen molar-refractivity contribution in [3.8, 4) is 11.5 Å². The normalized spacial score (nSPS) is 10.8. The molecule has 2 N–H and O–H groups in total. The number of oxazole rings is 1. The third-order valence-corrected chi connectivity index (χ3v) is 3.04. The summed E-state index contributed by atoms with van der Waals surface area (Å²) in [5, 5.41) is 0. The highest BCUT2D eigenvalue weighted by Gasteiger charge is 2.08. The van der Waals surface area contributed by atoms with Gasteiger partial charge in [0.15, 0.2) is 5.58 Å². The van der Waals surface area contributed by atoms with Crippen LogP contribution in [0.2, 0.25) is 0 Å². The molecule has 0 saturated carbocycles. The summed E-state index contributed by atoms with van der Waals surface area (Å²) in [6.07, 6.45) is 0. The first-order valence-corrected chi connectivity index (χ1v) is 6.07. The zero-order valence-electron chi connectivity index (χ0n) is 10.9. The maximum Gasteiger partial charge on any atom is 0.227 e. The fourth-order valence-corrected chi connectivity index (χ4v) is 1.97. The van der Waals surface area contributed by atoms with Gasteiger partial charge in [-0.15, -0.1) is 0 Å². The van der Waals surface area contributed by atoms with Crippen LogP contribution in [0.15, 0.2) is 46.9 Å². The number of benzene rings is 2. The van der Waals surface area contributed by atoms with Gasteiger partial charge in [0.25, 0.3) is 0 Å². The summed E-state index contributed by atoms with van der Waals surface area (Å²) in [5.74, 6) is 0.617. The number of fused-ring (bicyclic) bond motifs is 1. The molecule has 0 bridgehead atoms. The van der Waals surface area contributed by atoms with E-state index in [0.29, 0.717) is 17.2 Å². The molecular weight excluding hydrogens is 238 g/mol. The molecule has 1 aromatic heterocycles. The Balaban J connectivity index is 2.03. The second-order valence-corrected chi connectivity index (χ2v) is 4.69. The Kier molecular flexibility index (Phi) is 2.63. The lowest BCUT2D eigenvalue weighted by atomic mass is 10.2. The molecule has 0 saturated heterocycles. The molecule has 0 atom stereocenters. The minimum Gasteiger partial charge on any atom is -0.436 e. The van der Waals surface area contributed by atoms with E-state index >= 15 is 0 Å². The number of anilines is 2. The number of nitrogens with two attached hydrogens (primary N) is 1. The van der Waals surface area contributed by atoms with Crippen LogP contribution in [0.1, 0.15) is 0 Å². The van der Waals surface area contributed by atoms with Crippen molar-refractivity contribution in [3.05, 3.63) is 42.5 Å². The van der Waals surface area contributed by atoms with Crippen LogP contribution in [-0.2, 0) is 0 Å². The van der Waals surface area contributed by atoms with Gasteiger partial charge in [-0.25, -0.2) is 4.98 Å². The Labute approximate surface area is 111 Å². The van der Waals surface area contributed by atoms with Crippen molar-refractivity contribution in [3.63, 3.8) is 0 Å². The lowest BCUT2D eigenvalue weighted by Crippen LogP contribution is -2.07. The average molecular weight is 253 g/mol. The second-order valence-electron chi connectivity index (χ2n) is 4.69. The van der Waals surface area contributed by atoms with Crippen molar-refractivity contribution in [2.24, 2.45) is 0 Å². The van der Waals surface area contributed by atoms with Gasteiger partial charge in [0.1, 0.15) is 5.52 Å². The summed E-state index contributed by atoms with van der Waals surface area (Å²) in [6, 6.07) is 13.6. The van der Waals surface area contributed by atoms with Crippen molar-refractivity contribution in [1.82, 2.24) is 4.98 Å². The van der Waals surface area contributed by atoms with Gasteiger partial charge in [0.05, 0.1) is 0 Å². The van der Waals surface area contributed by atoms with E-state index in [-0.39, 0.29) is 0 Å². The van der Waals surface area contributed by atoms with Crippen LogP contribution < -0.4 is 10.6 Å². The van der Waals surface area contributed by atoms with Crippen LogP contribution in [0.4, 0.5) is 11.4 Å². The Morgan fingerprint density at radius 3 is 2.47 bits per heavy atom. The number of hydrogen-bond acceptors (Lipinski definition) is 4. The topological polar surface area (TPSA) is 55.3 Å². The van der Waals surface area contributed by atoms with Gasteiger partial charge in [-0.3, -0.25) is 0 Å². The number of nitrogen functional groups attached to an aromatic ring is 1. The van der Waals surface area contributed by atoms with E-state index in [4.69, 9.17) is 10.2 Å². The van der Waals surface area contributed by atoms with Crippen LogP contribution in [0.3, 0.4) is 0 Å². The Morgan fingerprint density at radius 2 is 1.79 bits per heavy atom. The largest absolute Gasteiger partial charge is 0.436 e. The van der Waals surface area contributed by atoms with Gasteiger partial charge in [0.2, 0.25) is 5.89 Å². The third-order valence-electron chi connectivity index (χ3n) is 3.04. The van der Waals surface area contributed by atoms with Gasteiger partial charge in [-0.1, -0.05) is 0 Å². The quantitative estimate of drug-likeness (QED) is 0.713. The summed E-state index contributed by atoms with van der Waals surface area (Å²) in [5.41, 5.74) is 10.0. The van der Waals surface area contributed by atoms with E-state index in [1.165, 1.54) is 0 Å². The Bertz CT molecular complexity index is 714.